The predicted molar refractivity (Wildman–Crippen MR) is 69.0 cm³/mol. The summed E-state index contributed by atoms with van der Waals surface area (Å²) in [5, 5.41) is 9.43. The third-order valence-electron chi connectivity index (χ3n) is 4.28. The Kier molecular flexibility index (Phi) is 4.73. The van der Waals surface area contributed by atoms with Crippen molar-refractivity contribution in [3.8, 4) is 0 Å². The molecule has 1 fully saturated rings. The first-order valence-corrected chi connectivity index (χ1v) is 6.71. The fraction of sp³-hybridized carbons (Fsp3) is 0.846. The van der Waals surface area contributed by atoms with E-state index in [0.29, 0.717) is 19.4 Å². The van der Waals surface area contributed by atoms with Crippen molar-refractivity contribution in [2.45, 2.75) is 58.0 Å². The standard InChI is InChI=1S/C13H24N2O3/c1-4-9(3)10(14)11(16)15-8-6-7-13(15,5-2)12(17)18/h9-10H,4-8,14H2,1-3H3,(H,17,18)/t9?,10-,13?/m0/s1. The fourth-order valence-corrected chi connectivity index (χ4v) is 2.62. The van der Waals surface area contributed by atoms with E-state index in [4.69, 9.17) is 5.73 Å². The van der Waals surface area contributed by atoms with Gasteiger partial charge in [-0.3, -0.25) is 4.79 Å². The van der Waals surface area contributed by atoms with Gasteiger partial charge >= 0.3 is 5.97 Å². The molecule has 5 nitrogen and oxygen atoms in total. The van der Waals surface area contributed by atoms with Crippen LogP contribution in [0.2, 0.25) is 0 Å². The highest BCUT2D eigenvalue weighted by atomic mass is 16.4. The van der Waals surface area contributed by atoms with Crippen LogP contribution in [0.1, 0.15) is 46.5 Å². The number of nitrogens with zero attached hydrogens (tertiary/aromatic N) is 1. The molecule has 0 aromatic heterocycles. The van der Waals surface area contributed by atoms with Crippen molar-refractivity contribution in [1.82, 2.24) is 4.90 Å². The summed E-state index contributed by atoms with van der Waals surface area (Å²) in [6.45, 7) is 6.22. The van der Waals surface area contributed by atoms with E-state index in [1.807, 2.05) is 20.8 Å². The molecule has 1 saturated heterocycles. The first-order chi connectivity index (χ1) is 8.40. The molecule has 0 aromatic carbocycles. The summed E-state index contributed by atoms with van der Waals surface area (Å²) in [5.41, 5.74) is 4.90. The molecule has 1 amide bonds. The van der Waals surface area contributed by atoms with Crippen LogP contribution in [0, 0.1) is 5.92 Å². The van der Waals surface area contributed by atoms with E-state index in [9.17, 15) is 14.7 Å². The Hall–Kier alpha value is -1.10. The van der Waals surface area contributed by atoms with Crippen LogP contribution in [0.25, 0.3) is 0 Å². The average Bonchev–Trinajstić information content (AvgIpc) is 2.80. The summed E-state index contributed by atoms with van der Waals surface area (Å²) in [6.07, 6.45) is 2.51. The van der Waals surface area contributed by atoms with Crippen LogP contribution in [0.3, 0.4) is 0 Å². The number of hydrogen-bond acceptors (Lipinski definition) is 3. The van der Waals surface area contributed by atoms with E-state index in [2.05, 4.69) is 0 Å². The van der Waals surface area contributed by atoms with Crippen LogP contribution < -0.4 is 5.73 Å². The van der Waals surface area contributed by atoms with E-state index in [0.717, 1.165) is 12.8 Å². The molecule has 104 valence electrons. The Balaban J connectivity index is 2.94. The highest BCUT2D eigenvalue weighted by molar-refractivity contribution is 5.90. The molecule has 0 saturated carbocycles. The number of carbonyl (C=O) groups is 2. The Morgan fingerprint density at radius 3 is 2.50 bits per heavy atom. The molecule has 1 heterocycles. The number of carboxylic acids is 1. The van der Waals surface area contributed by atoms with Crippen LogP contribution in [0.5, 0.6) is 0 Å². The second-order valence-electron chi connectivity index (χ2n) is 5.20. The number of aliphatic carboxylic acids is 1. The fourth-order valence-electron chi connectivity index (χ4n) is 2.62. The molecule has 1 rings (SSSR count). The molecule has 0 spiro atoms. The van der Waals surface area contributed by atoms with Gasteiger partial charge in [-0.15, -0.1) is 0 Å². The van der Waals surface area contributed by atoms with Gasteiger partial charge in [0.2, 0.25) is 5.91 Å². The van der Waals surface area contributed by atoms with E-state index >= 15 is 0 Å². The minimum absolute atomic E-state index is 0.0708. The van der Waals surface area contributed by atoms with Crippen molar-refractivity contribution < 1.29 is 14.7 Å². The third-order valence-corrected chi connectivity index (χ3v) is 4.28. The Morgan fingerprint density at radius 1 is 1.44 bits per heavy atom. The Morgan fingerprint density at radius 2 is 2.06 bits per heavy atom. The molecule has 3 N–H and O–H groups in total. The summed E-state index contributed by atoms with van der Waals surface area (Å²) < 4.78 is 0. The smallest absolute Gasteiger partial charge is 0.329 e. The molecular weight excluding hydrogens is 232 g/mol. The SMILES string of the molecule is CCC(C)[C@H](N)C(=O)N1CCCC1(CC)C(=O)O. The molecule has 0 aromatic rings. The molecule has 0 bridgehead atoms. The van der Waals surface area contributed by atoms with Gasteiger partial charge in [-0.25, -0.2) is 4.79 Å². The molecule has 5 heteroatoms. The average molecular weight is 256 g/mol. The summed E-state index contributed by atoms with van der Waals surface area (Å²) in [6, 6.07) is -0.599. The summed E-state index contributed by atoms with van der Waals surface area (Å²) in [4.78, 5) is 25.4. The van der Waals surface area contributed by atoms with Gasteiger partial charge in [0.25, 0.3) is 0 Å². The lowest BCUT2D eigenvalue weighted by Crippen LogP contribution is -2.58. The highest BCUT2D eigenvalue weighted by Crippen LogP contribution is 2.33. The number of rotatable bonds is 5. The van der Waals surface area contributed by atoms with Gasteiger partial charge < -0.3 is 15.7 Å². The molecule has 3 atom stereocenters. The van der Waals surface area contributed by atoms with E-state index in [-0.39, 0.29) is 11.8 Å². The first kappa shape index (κ1) is 15.0. The van der Waals surface area contributed by atoms with Crippen LogP contribution in [-0.4, -0.2) is 40.0 Å². The second-order valence-corrected chi connectivity index (χ2v) is 5.20. The van der Waals surface area contributed by atoms with Crippen molar-refractivity contribution in [2.24, 2.45) is 11.7 Å². The highest BCUT2D eigenvalue weighted by Gasteiger charge is 2.49. The lowest BCUT2D eigenvalue weighted by Gasteiger charge is -2.36. The first-order valence-electron chi connectivity index (χ1n) is 6.71. The largest absolute Gasteiger partial charge is 0.479 e. The van der Waals surface area contributed by atoms with Gasteiger partial charge in [-0.2, -0.15) is 0 Å². The minimum atomic E-state index is -1.04. The molecule has 1 aliphatic heterocycles. The van der Waals surface area contributed by atoms with Crippen LogP contribution in [0.4, 0.5) is 0 Å². The summed E-state index contributed by atoms with van der Waals surface area (Å²) in [5.74, 6) is -1.06. The minimum Gasteiger partial charge on any atom is -0.479 e. The topological polar surface area (TPSA) is 83.6 Å². The number of nitrogens with two attached hydrogens (primary N) is 1. The zero-order valence-corrected chi connectivity index (χ0v) is 11.5. The zero-order valence-electron chi connectivity index (χ0n) is 11.5. The number of likely N-dealkylation sites (tertiary alicyclic amines) is 1. The number of amides is 1. The van der Waals surface area contributed by atoms with Crippen molar-refractivity contribution in [3.63, 3.8) is 0 Å². The number of carboxylic acid groups (broad SMARTS) is 1. The van der Waals surface area contributed by atoms with Crippen molar-refractivity contribution in [1.29, 1.82) is 0 Å². The van der Waals surface area contributed by atoms with Gasteiger partial charge in [0.15, 0.2) is 0 Å². The van der Waals surface area contributed by atoms with Gasteiger partial charge in [0.05, 0.1) is 6.04 Å². The van der Waals surface area contributed by atoms with Gasteiger partial charge in [0, 0.05) is 6.54 Å². The predicted octanol–water partition coefficient (Wildman–Crippen LogP) is 1.22. The molecule has 2 unspecified atom stereocenters. The van der Waals surface area contributed by atoms with Crippen molar-refractivity contribution >= 4 is 11.9 Å². The quantitative estimate of drug-likeness (QED) is 0.774. The van der Waals surface area contributed by atoms with Crippen molar-refractivity contribution in [3.05, 3.63) is 0 Å². The summed E-state index contributed by atoms with van der Waals surface area (Å²) >= 11 is 0. The summed E-state index contributed by atoms with van der Waals surface area (Å²) in [7, 11) is 0. The van der Waals surface area contributed by atoms with E-state index in [1.165, 1.54) is 4.90 Å². The van der Waals surface area contributed by atoms with E-state index in [1.54, 1.807) is 0 Å². The monoisotopic (exact) mass is 256 g/mol. The van der Waals surface area contributed by atoms with Gasteiger partial charge in [-0.05, 0) is 25.2 Å². The molecule has 1 aliphatic rings. The van der Waals surface area contributed by atoms with Crippen LogP contribution >= 0.6 is 0 Å². The second kappa shape index (κ2) is 5.69. The normalized spacial score (nSPS) is 27.0. The lowest BCUT2D eigenvalue weighted by molar-refractivity contribution is -0.157. The van der Waals surface area contributed by atoms with Crippen LogP contribution in [0.15, 0.2) is 0 Å². The number of hydrogen-bond donors (Lipinski definition) is 2. The third kappa shape index (κ3) is 2.36. The molecule has 18 heavy (non-hydrogen) atoms. The van der Waals surface area contributed by atoms with Crippen LogP contribution in [-0.2, 0) is 9.59 Å². The van der Waals surface area contributed by atoms with Crippen molar-refractivity contribution in [2.75, 3.05) is 6.54 Å². The lowest BCUT2D eigenvalue weighted by atomic mass is 9.91. The zero-order chi connectivity index (χ0) is 13.9. The number of carbonyl (C=O) groups excluding carboxylic acids is 1. The van der Waals surface area contributed by atoms with Gasteiger partial charge in [-0.1, -0.05) is 27.2 Å². The maximum absolute atomic E-state index is 12.4. The molecular formula is C13H24N2O3. The molecule has 0 radical (unpaired) electrons. The van der Waals surface area contributed by atoms with Gasteiger partial charge in [0.1, 0.15) is 5.54 Å². The molecule has 0 aliphatic carbocycles. The maximum atomic E-state index is 12.4. The Labute approximate surface area is 108 Å². The maximum Gasteiger partial charge on any atom is 0.329 e. The van der Waals surface area contributed by atoms with E-state index < -0.39 is 17.6 Å². The Bertz CT molecular complexity index is 332.